The van der Waals surface area contributed by atoms with Crippen LogP contribution in [0.25, 0.3) is 0 Å². The van der Waals surface area contributed by atoms with Crippen LogP contribution in [0, 0.1) is 34.5 Å². The molecular weight excluding hydrogens is 285 g/mol. The highest BCUT2D eigenvalue weighted by atomic mass is 19.1. The lowest BCUT2D eigenvalue weighted by atomic mass is 10.1. The Labute approximate surface area is 118 Å². The fourth-order valence-electron chi connectivity index (χ4n) is 1.89. The second-order valence-corrected chi connectivity index (χ2v) is 4.46. The average Bonchev–Trinajstić information content (AvgIpc) is 2.40. The topological polar surface area (TPSA) is 55.2 Å². The van der Waals surface area contributed by atoms with E-state index in [0.717, 1.165) is 5.56 Å². The number of hydrogen-bond acceptors (Lipinski definition) is 3. The first-order chi connectivity index (χ1) is 9.88. The highest BCUT2D eigenvalue weighted by molar-refractivity contribution is 5.62. The number of hydrogen-bond donors (Lipinski definition) is 1. The number of benzene rings is 2. The highest BCUT2D eigenvalue weighted by Gasteiger charge is 2.20. The Bertz CT molecular complexity index is 705. The molecule has 0 amide bonds. The van der Waals surface area contributed by atoms with E-state index in [0.29, 0.717) is 17.7 Å². The van der Waals surface area contributed by atoms with E-state index < -0.39 is 33.7 Å². The van der Waals surface area contributed by atoms with Gasteiger partial charge in [0.15, 0.2) is 5.82 Å². The lowest BCUT2D eigenvalue weighted by Gasteiger charge is -2.10. The third kappa shape index (κ3) is 3.31. The van der Waals surface area contributed by atoms with E-state index in [9.17, 15) is 23.3 Å². The summed E-state index contributed by atoms with van der Waals surface area (Å²) < 4.78 is 39.9. The van der Waals surface area contributed by atoms with Crippen molar-refractivity contribution < 1.29 is 18.1 Å². The first-order valence-corrected chi connectivity index (χ1v) is 6.01. The maximum Gasteiger partial charge on any atom is 0.298 e. The van der Waals surface area contributed by atoms with Crippen molar-refractivity contribution in [3.63, 3.8) is 0 Å². The molecule has 2 rings (SSSR count). The highest BCUT2D eigenvalue weighted by Crippen LogP contribution is 2.29. The van der Waals surface area contributed by atoms with Gasteiger partial charge in [-0.25, -0.2) is 13.2 Å². The van der Waals surface area contributed by atoms with E-state index in [-0.39, 0.29) is 6.54 Å². The van der Waals surface area contributed by atoms with Crippen molar-refractivity contribution in [2.45, 2.75) is 13.5 Å². The molecule has 0 aliphatic carbocycles. The van der Waals surface area contributed by atoms with Gasteiger partial charge in [0.1, 0.15) is 17.3 Å². The van der Waals surface area contributed by atoms with Crippen molar-refractivity contribution in [3.05, 3.63) is 69.0 Å². The van der Waals surface area contributed by atoms with Gasteiger partial charge in [-0.3, -0.25) is 10.1 Å². The number of nitrogens with one attached hydrogen (secondary N) is 1. The van der Waals surface area contributed by atoms with Gasteiger partial charge >= 0.3 is 0 Å². The van der Waals surface area contributed by atoms with E-state index in [4.69, 9.17) is 0 Å². The van der Waals surface area contributed by atoms with E-state index in [2.05, 4.69) is 5.32 Å². The van der Waals surface area contributed by atoms with Gasteiger partial charge in [0.2, 0.25) is 0 Å². The number of nitrogens with zero attached hydrogens (tertiary/aromatic N) is 1. The molecule has 0 saturated carbocycles. The first-order valence-electron chi connectivity index (χ1n) is 6.01. The summed E-state index contributed by atoms with van der Waals surface area (Å²) >= 11 is 0. The van der Waals surface area contributed by atoms with Crippen LogP contribution in [0.3, 0.4) is 0 Å². The van der Waals surface area contributed by atoms with Crippen molar-refractivity contribution in [2.75, 3.05) is 5.32 Å². The van der Waals surface area contributed by atoms with Gasteiger partial charge in [-0.15, -0.1) is 0 Å². The van der Waals surface area contributed by atoms with Gasteiger partial charge in [-0.2, -0.15) is 0 Å². The lowest BCUT2D eigenvalue weighted by molar-refractivity contribution is -0.384. The van der Waals surface area contributed by atoms with Gasteiger partial charge in [-0.1, -0.05) is 6.07 Å². The zero-order valence-electron chi connectivity index (χ0n) is 11.0. The number of aryl methyl sites for hydroxylation is 1. The van der Waals surface area contributed by atoms with Crippen LogP contribution < -0.4 is 5.32 Å². The summed E-state index contributed by atoms with van der Waals surface area (Å²) in [6.45, 7) is 1.71. The third-order valence-corrected chi connectivity index (χ3v) is 3.00. The number of nitro benzene ring substituents is 1. The maximum absolute atomic E-state index is 13.7. The van der Waals surface area contributed by atoms with Crippen molar-refractivity contribution in [1.82, 2.24) is 0 Å². The van der Waals surface area contributed by atoms with Crippen LogP contribution in [0.5, 0.6) is 0 Å². The molecule has 1 N–H and O–H groups in total. The SMILES string of the molecule is Cc1ccc(F)cc1CNc1c(F)cc(F)cc1[N+](=O)[O-]. The number of anilines is 1. The molecule has 0 aliphatic heterocycles. The van der Waals surface area contributed by atoms with E-state index in [1.54, 1.807) is 13.0 Å². The Morgan fingerprint density at radius 2 is 1.86 bits per heavy atom. The van der Waals surface area contributed by atoms with Gasteiger partial charge in [0, 0.05) is 12.6 Å². The van der Waals surface area contributed by atoms with E-state index in [1.165, 1.54) is 12.1 Å². The number of rotatable bonds is 4. The van der Waals surface area contributed by atoms with Gasteiger partial charge in [0.05, 0.1) is 11.0 Å². The molecule has 0 bridgehead atoms. The summed E-state index contributed by atoms with van der Waals surface area (Å²) in [4.78, 5) is 9.95. The smallest absolute Gasteiger partial charge is 0.298 e. The summed E-state index contributed by atoms with van der Waals surface area (Å²) in [6, 6.07) is 5.24. The summed E-state index contributed by atoms with van der Waals surface area (Å²) in [6.07, 6.45) is 0. The molecule has 0 unspecified atom stereocenters. The van der Waals surface area contributed by atoms with Crippen LogP contribution in [-0.4, -0.2) is 4.92 Å². The Kier molecular flexibility index (Phi) is 4.11. The summed E-state index contributed by atoms with van der Waals surface area (Å²) in [5, 5.41) is 13.4. The van der Waals surface area contributed by atoms with Gasteiger partial charge in [0.25, 0.3) is 5.69 Å². The van der Waals surface area contributed by atoms with Gasteiger partial charge < -0.3 is 5.32 Å². The van der Waals surface area contributed by atoms with E-state index >= 15 is 0 Å². The normalized spacial score (nSPS) is 10.5. The maximum atomic E-state index is 13.7. The monoisotopic (exact) mass is 296 g/mol. The molecular formula is C14H11F3N2O2. The summed E-state index contributed by atoms with van der Waals surface area (Å²) in [5.74, 6) is -2.58. The molecule has 4 nitrogen and oxygen atoms in total. The summed E-state index contributed by atoms with van der Waals surface area (Å²) in [7, 11) is 0. The Morgan fingerprint density at radius 1 is 1.14 bits per heavy atom. The minimum Gasteiger partial charge on any atom is -0.373 e. The molecule has 0 saturated heterocycles. The van der Waals surface area contributed by atoms with Crippen LogP contribution in [0.1, 0.15) is 11.1 Å². The van der Waals surface area contributed by atoms with Crippen molar-refractivity contribution in [3.8, 4) is 0 Å². The lowest BCUT2D eigenvalue weighted by Crippen LogP contribution is -2.07. The first kappa shape index (κ1) is 14.8. The molecule has 0 radical (unpaired) electrons. The van der Waals surface area contributed by atoms with Gasteiger partial charge in [-0.05, 0) is 30.2 Å². The number of nitro groups is 1. The minimum atomic E-state index is -1.07. The molecule has 7 heteroatoms. The fraction of sp³-hybridized carbons (Fsp3) is 0.143. The molecule has 0 aromatic heterocycles. The number of halogens is 3. The Balaban J connectivity index is 2.32. The van der Waals surface area contributed by atoms with E-state index in [1.807, 2.05) is 0 Å². The van der Waals surface area contributed by atoms with Crippen molar-refractivity contribution in [1.29, 1.82) is 0 Å². The zero-order chi connectivity index (χ0) is 15.6. The molecule has 2 aromatic carbocycles. The van der Waals surface area contributed by atoms with Crippen LogP contribution in [0.2, 0.25) is 0 Å². The minimum absolute atomic E-state index is 0.0208. The standard InChI is InChI=1S/C14H11F3N2O2/c1-8-2-3-10(15)4-9(8)7-18-14-12(17)5-11(16)6-13(14)19(20)21/h2-6,18H,7H2,1H3. The quantitative estimate of drug-likeness (QED) is 0.687. The largest absolute Gasteiger partial charge is 0.373 e. The zero-order valence-corrected chi connectivity index (χ0v) is 11.0. The summed E-state index contributed by atoms with van der Waals surface area (Å²) in [5.41, 5.74) is 0.133. The second kappa shape index (κ2) is 5.82. The van der Waals surface area contributed by atoms with Crippen LogP contribution in [0.15, 0.2) is 30.3 Å². The fourth-order valence-corrected chi connectivity index (χ4v) is 1.89. The van der Waals surface area contributed by atoms with Crippen LogP contribution in [0.4, 0.5) is 24.5 Å². The van der Waals surface area contributed by atoms with Crippen molar-refractivity contribution >= 4 is 11.4 Å². The molecule has 0 fully saturated rings. The molecule has 0 spiro atoms. The molecule has 0 aliphatic rings. The third-order valence-electron chi connectivity index (χ3n) is 3.00. The molecule has 0 heterocycles. The van der Waals surface area contributed by atoms with Crippen LogP contribution >= 0.6 is 0 Å². The Morgan fingerprint density at radius 3 is 2.52 bits per heavy atom. The van der Waals surface area contributed by atoms with Crippen molar-refractivity contribution in [2.24, 2.45) is 0 Å². The second-order valence-electron chi connectivity index (χ2n) is 4.46. The predicted molar refractivity (Wildman–Crippen MR) is 71.5 cm³/mol. The molecule has 2 aromatic rings. The predicted octanol–water partition coefficient (Wildman–Crippen LogP) is 3.93. The van der Waals surface area contributed by atoms with Crippen LogP contribution in [-0.2, 0) is 6.54 Å². The Hall–Kier alpha value is -2.57. The molecule has 21 heavy (non-hydrogen) atoms. The average molecular weight is 296 g/mol. The molecule has 110 valence electrons. The molecule has 0 atom stereocenters.